The van der Waals surface area contributed by atoms with Crippen molar-refractivity contribution in [3.63, 3.8) is 0 Å². The Bertz CT molecular complexity index is 701. The Morgan fingerprint density at radius 3 is 2.25 bits per heavy atom. The molecule has 2 aromatic rings. The molecule has 1 aromatic carbocycles. The number of halogens is 5. The van der Waals surface area contributed by atoms with Crippen LogP contribution in [0.1, 0.15) is 5.56 Å². The average Bonchev–Trinajstić information content (AvgIpc) is 2.43. The number of anilines is 2. The molecule has 0 fully saturated rings. The van der Waals surface area contributed by atoms with Gasteiger partial charge in [0.05, 0.1) is 22.3 Å². The summed E-state index contributed by atoms with van der Waals surface area (Å²) in [7, 11) is 0. The zero-order chi connectivity index (χ0) is 14.9. The van der Waals surface area contributed by atoms with Crippen LogP contribution in [0, 0.1) is 34.9 Å². The van der Waals surface area contributed by atoms with Gasteiger partial charge in [0.15, 0.2) is 0 Å². The van der Waals surface area contributed by atoms with E-state index in [1.165, 1.54) is 18.2 Å². The Kier molecular flexibility index (Phi) is 3.77. The van der Waals surface area contributed by atoms with Crippen molar-refractivity contribution >= 4 is 23.0 Å². The molecule has 1 N–H and O–H groups in total. The molecule has 0 unspecified atom stereocenters. The van der Waals surface area contributed by atoms with Gasteiger partial charge in [-0.15, -0.1) is 0 Å². The molecule has 0 saturated carbocycles. The van der Waals surface area contributed by atoms with Gasteiger partial charge in [-0.3, -0.25) is 0 Å². The zero-order valence-electron chi connectivity index (χ0n) is 9.52. The maximum absolute atomic E-state index is 13.4. The van der Waals surface area contributed by atoms with Crippen LogP contribution in [0.25, 0.3) is 0 Å². The lowest BCUT2D eigenvalue weighted by Crippen LogP contribution is -2.06. The van der Waals surface area contributed by atoms with Crippen molar-refractivity contribution in [1.29, 1.82) is 5.26 Å². The van der Waals surface area contributed by atoms with Crippen molar-refractivity contribution in [1.82, 2.24) is 4.98 Å². The fourth-order valence-corrected chi connectivity index (χ4v) is 1.59. The smallest absolute Gasteiger partial charge is 0.253 e. The number of benzene rings is 1. The Balaban J connectivity index is 2.53. The highest BCUT2D eigenvalue weighted by Crippen LogP contribution is 2.30. The Morgan fingerprint density at radius 2 is 1.70 bits per heavy atom. The van der Waals surface area contributed by atoms with E-state index >= 15 is 0 Å². The number of nitriles is 1. The normalized spacial score (nSPS) is 10.2. The van der Waals surface area contributed by atoms with E-state index in [1.54, 1.807) is 6.07 Å². The van der Waals surface area contributed by atoms with Crippen LogP contribution in [-0.4, -0.2) is 4.98 Å². The lowest BCUT2D eigenvalue weighted by atomic mass is 10.2. The molecule has 1 aromatic heterocycles. The van der Waals surface area contributed by atoms with Gasteiger partial charge in [0.25, 0.3) is 11.9 Å². The zero-order valence-corrected chi connectivity index (χ0v) is 10.3. The fraction of sp³-hybridized carbons (Fsp3) is 0. The largest absolute Gasteiger partial charge is 0.349 e. The molecule has 0 atom stereocenters. The number of rotatable bonds is 2. The third kappa shape index (κ3) is 2.51. The summed E-state index contributed by atoms with van der Waals surface area (Å²) in [5, 5.41) is 10.8. The summed E-state index contributed by atoms with van der Waals surface area (Å²) >= 11 is 5.77. The second-order valence-corrected chi connectivity index (χ2v) is 4.04. The number of aromatic nitrogens is 1. The van der Waals surface area contributed by atoms with Gasteiger partial charge in [0.2, 0.25) is 11.6 Å². The quantitative estimate of drug-likeness (QED) is 0.676. The summed E-state index contributed by atoms with van der Waals surface area (Å²) in [6.45, 7) is 0. The van der Waals surface area contributed by atoms with E-state index in [2.05, 4.69) is 10.3 Å². The van der Waals surface area contributed by atoms with E-state index in [4.69, 9.17) is 16.9 Å². The molecule has 8 heteroatoms. The molecule has 102 valence electrons. The molecule has 0 saturated heterocycles. The Labute approximate surface area is 115 Å². The van der Waals surface area contributed by atoms with Crippen LogP contribution >= 0.6 is 11.6 Å². The lowest BCUT2D eigenvalue weighted by molar-refractivity contribution is 0.411. The van der Waals surface area contributed by atoms with Crippen molar-refractivity contribution in [3.8, 4) is 6.07 Å². The number of nitrogens with one attached hydrogen (secondary N) is 1. The minimum absolute atomic E-state index is 0.0143. The van der Waals surface area contributed by atoms with Gasteiger partial charge >= 0.3 is 0 Å². The maximum Gasteiger partial charge on any atom is 0.253 e. The topological polar surface area (TPSA) is 48.7 Å². The third-order valence-corrected chi connectivity index (χ3v) is 2.68. The highest BCUT2D eigenvalue weighted by atomic mass is 35.5. The van der Waals surface area contributed by atoms with Gasteiger partial charge in [-0.25, -0.2) is 0 Å². The number of pyridine rings is 1. The first-order valence-electron chi connectivity index (χ1n) is 5.10. The molecule has 3 nitrogen and oxygen atoms in total. The molecule has 0 spiro atoms. The Hall–Kier alpha value is -2.33. The van der Waals surface area contributed by atoms with E-state index in [0.717, 1.165) is 0 Å². The SMILES string of the molecule is N#Cc1ccc(Cl)c(Nc2c(F)c(F)nc(F)c2F)c1. The second-order valence-electron chi connectivity index (χ2n) is 3.63. The van der Waals surface area contributed by atoms with E-state index in [9.17, 15) is 17.6 Å². The second kappa shape index (κ2) is 5.35. The summed E-state index contributed by atoms with van der Waals surface area (Å²) in [5.74, 6) is -6.97. The van der Waals surface area contributed by atoms with E-state index < -0.39 is 29.2 Å². The highest BCUT2D eigenvalue weighted by molar-refractivity contribution is 6.33. The van der Waals surface area contributed by atoms with Crippen LogP contribution in [0.3, 0.4) is 0 Å². The first kappa shape index (κ1) is 14.1. The molecule has 0 aliphatic rings. The Morgan fingerprint density at radius 1 is 1.10 bits per heavy atom. The van der Waals surface area contributed by atoms with Crippen molar-refractivity contribution in [2.24, 2.45) is 0 Å². The first-order valence-corrected chi connectivity index (χ1v) is 5.48. The van der Waals surface area contributed by atoms with Crippen LogP contribution < -0.4 is 5.32 Å². The monoisotopic (exact) mass is 301 g/mol. The fourth-order valence-electron chi connectivity index (χ4n) is 1.42. The molecule has 2 rings (SSSR count). The number of hydrogen-bond donors (Lipinski definition) is 1. The highest BCUT2D eigenvalue weighted by Gasteiger charge is 2.21. The molecular weight excluding hydrogens is 298 g/mol. The van der Waals surface area contributed by atoms with E-state index in [0.29, 0.717) is 0 Å². The van der Waals surface area contributed by atoms with Crippen molar-refractivity contribution in [2.45, 2.75) is 0 Å². The van der Waals surface area contributed by atoms with Crippen LogP contribution in [0.2, 0.25) is 5.02 Å². The summed E-state index contributed by atoms with van der Waals surface area (Å²) in [6, 6.07) is 5.63. The van der Waals surface area contributed by atoms with Crippen LogP contribution in [0.4, 0.5) is 28.9 Å². The van der Waals surface area contributed by atoms with E-state index in [-0.39, 0.29) is 16.3 Å². The maximum atomic E-state index is 13.4. The van der Waals surface area contributed by atoms with Gasteiger partial charge in [-0.05, 0) is 18.2 Å². The summed E-state index contributed by atoms with van der Waals surface area (Å²) < 4.78 is 52.8. The number of nitrogens with zero attached hydrogens (tertiary/aromatic N) is 2. The number of hydrogen-bond acceptors (Lipinski definition) is 3. The molecule has 0 amide bonds. The average molecular weight is 302 g/mol. The van der Waals surface area contributed by atoms with Crippen molar-refractivity contribution in [2.75, 3.05) is 5.32 Å². The van der Waals surface area contributed by atoms with Gasteiger partial charge in [-0.2, -0.15) is 27.8 Å². The molecule has 0 aliphatic heterocycles. The van der Waals surface area contributed by atoms with Crippen LogP contribution in [0.5, 0.6) is 0 Å². The molecule has 20 heavy (non-hydrogen) atoms. The summed E-state index contributed by atoms with van der Waals surface area (Å²) in [4.78, 5) is 2.42. The first-order chi connectivity index (χ1) is 9.43. The van der Waals surface area contributed by atoms with E-state index in [1.807, 2.05) is 0 Å². The molecule has 0 radical (unpaired) electrons. The van der Waals surface area contributed by atoms with Gasteiger partial charge in [-0.1, -0.05) is 11.6 Å². The van der Waals surface area contributed by atoms with Gasteiger partial charge in [0.1, 0.15) is 5.69 Å². The minimum Gasteiger partial charge on any atom is -0.349 e. The minimum atomic E-state index is -1.79. The molecular formula is C12H4ClF4N3. The predicted molar refractivity (Wildman–Crippen MR) is 63.5 cm³/mol. The van der Waals surface area contributed by atoms with Crippen LogP contribution in [0.15, 0.2) is 18.2 Å². The third-order valence-electron chi connectivity index (χ3n) is 2.35. The van der Waals surface area contributed by atoms with Gasteiger partial charge in [0, 0.05) is 0 Å². The predicted octanol–water partition coefficient (Wildman–Crippen LogP) is 3.91. The van der Waals surface area contributed by atoms with Crippen LogP contribution in [-0.2, 0) is 0 Å². The molecule has 0 aliphatic carbocycles. The van der Waals surface area contributed by atoms with Crippen molar-refractivity contribution in [3.05, 3.63) is 52.3 Å². The molecule has 0 bridgehead atoms. The summed E-state index contributed by atoms with van der Waals surface area (Å²) in [5.41, 5.74) is -1.01. The van der Waals surface area contributed by atoms with Gasteiger partial charge < -0.3 is 5.32 Å². The lowest BCUT2D eigenvalue weighted by Gasteiger charge is -2.11. The standard InChI is InChI=1S/C12H4ClF4N3/c13-6-2-1-5(4-18)3-7(6)19-10-8(14)11(16)20-12(17)9(10)15/h1-3H,(H,19,20). The molecule has 1 heterocycles. The summed E-state index contributed by atoms with van der Waals surface area (Å²) in [6.07, 6.45) is 0. The van der Waals surface area contributed by atoms with Crippen molar-refractivity contribution < 1.29 is 17.6 Å².